The summed E-state index contributed by atoms with van der Waals surface area (Å²) in [6.07, 6.45) is 7.71. The number of hydrogen-bond acceptors (Lipinski definition) is 2. The van der Waals surface area contributed by atoms with E-state index in [-0.39, 0.29) is 6.10 Å². The largest absolute Gasteiger partial charge is 0.393 e. The molecule has 0 saturated heterocycles. The molecule has 0 atom stereocenters. The van der Waals surface area contributed by atoms with Gasteiger partial charge in [0.25, 0.3) is 0 Å². The molecule has 0 bridgehead atoms. The Bertz CT molecular complexity index is 129. The summed E-state index contributed by atoms with van der Waals surface area (Å²) in [4.78, 5) is 0. The fourth-order valence-corrected chi connectivity index (χ4v) is 2.04. The highest BCUT2D eigenvalue weighted by molar-refractivity contribution is 4.74. The van der Waals surface area contributed by atoms with E-state index in [9.17, 15) is 10.2 Å². The van der Waals surface area contributed by atoms with E-state index in [1.54, 1.807) is 0 Å². The van der Waals surface area contributed by atoms with Gasteiger partial charge in [-0.1, -0.05) is 25.7 Å². The molecule has 0 unspecified atom stereocenters. The maximum absolute atomic E-state index is 9.90. The molecule has 78 valence electrons. The lowest BCUT2D eigenvalue weighted by Crippen LogP contribution is -2.24. The van der Waals surface area contributed by atoms with Crippen LogP contribution >= 0.6 is 0 Å². The van der Waals surface area contributed by atoms with E-state index < -0.39 is 5.60 Å². The minimum Gasteiger partial charge on any atom is -0.393 e. The average Bonchev–Trinajstić information content (AvgIpc) is 2.06. The van der Waals surface area contributed by atoms with Gasteiger partial charge in [0.05, 0.1) is 11.7 Å². The molecule has 1 aliphatic carbocycles. The number of aliphatic hydroxyl groups excluding tert-OH is 1. The first-order chi connectivity index (χ1) is 6.10. The zero-order valence-electron chi connectivity index (χ0n) is 8.63. The molecule has 1 fully saturated rings. The SMILES string of the molecule is CC1(O)CCCCC(O)CCCC1. The highest BCUT2D eigenvalue weighted by Crippen LogP contribution is 2.24. The lowest BCUT2D eigenvalue weighted by molar-refractivity contribution is 0.0307. The zero-order chi connectivity index (χ0) is 9.73. The van der Waals surface area contributed by atoms with E-state index in [0.717, 1.165) is 51.4 Å². The van der Waals surface area contributed by atoms with Gasteiger partial charge in [-0.15, -0.1) is 0 Å². The first-order valence-corrected chi connectivity index (χ1v) is 5.51. The van der Waals surface area contributed by atoms with Crippen LogP contribution in [0.3, 0.4) is 0 Å². The third-order valence-electron chi connectivity index (χ3n) is 3.01. The van der Waals surface area contributed by atoms with E-state index >= 15 is 0 Å². The number of rotatable bonds is 0. The summed E-state index contributed by atoms with van der Waals surface area (Å²) in [5.74, 6) is 0. The molecule has 2 heteroatoms. The summed E-state index contributed by atoms with van der Waals surface area (Å²) in [7, 11) is 0. The monoisotopic (exact) mass is 186 g/mol. The van der Waals surface area contributed by atoms with Crippen molar-refractivity contribution in [3.05, 3.63) is 0 Å². The van der Waals surface area contributed by atoms with Crippen molar-refractivity contribution in [2.45, 2.75) is 70.0 Å². The third kappa shape index (κ3) is 4.63. The van der Waals surface area contributed by atoms with Crippen LogP contribution in [0, 0.1) is 0 Å². The van der Waals surface area contributed by atoms with Gasteiger partial charge in [-0.3, -0.25) is 0 Å². The van der Waals surface area contributed by atoms with Crippen LogP contribution in [0.1, 0.15) is 58.3 Å². The maximum atomic E-state index is 9.90. The molecule has 1 aliphatic rings. The molecule has 0 aromatic rings. The van der Waals surface area contributed by atoms with Crippen molar-refractivity contribution in [3.8, 4) is 0 Å². The summed E-state index contributed by atoms with van der Waals surface area (Å²) in [5.41, 5.74) is -0.456. The summed E-state index contributed by atoms with van der Waals surface area (Å²) in [6.45, 7) is 1.94. The molecule has 0 heterocycles. The van der Waals surface area contributed by atoms with Gasteiger partial charge in [-0.25, -0.2) is 0 Å². The van der Waals surface area contributed by atoms with Crippen molar-refractivity contribution in [3.63, 3.8) is 0 Å². The average molecular weight is 186 g/mol. The van der Waals surface area contributed by atoms with Crippen LogP contribution in [0.25, 0.3) is 0 Å². The van der Waals surface area contributed by atoms with E-state index in [4.69, 9.17) is 0 Å². The van der Waals surface area contributed by atoms with Crippen LogP contribution in [-0.2, 0) is 0 Å². The molecule has 2 nitrogen and oxygen atoms in total. The van der Waals surface area contributed by atoms with Gasteiger partial charge in [0.1, 0.15) is 0 Å². The van der Waals surface area contributed by atoms with Crippen LogP contribution in [0.4, 0.5) is 0 Å². The van der Waals surface area contributed by atoms with Crippen LogP contribution in [0.2, 0.25) is 0 Å². The Kier molecular flexibility index (Phi) is 4.20. The normalized spacial score (nSPS) is 38.5. The second-order valence-electron chi connectivity index (χ2n) is 4.64. The minimum atomic E-state index is -0.456. The zero-order valence-corrected chi connectivity index (χ0v) is 8.63. The molecule has 1 saturated carbocycles. The summed E-state index contributed by atoms with van der Waals surface area (Å²) >= 11 is 0. The highest BCUT2D eigenvalue weighted by atomic mass is 16.3. The molecule has 0 amide bonds. The molecule has 13 heavy (non-hydrogen) atoms. The number of hydrogen-bond donors (Lipinski definition) is 2. The summed E-state index contributed by atoms with van der Waals surface area (Å²) in [6, 6.07) is 0. The lowest BCUT2D eigenvalue weighted by Gasteiger charge is -2.25. The van der Waals surface area contributed by atoms with Gasteiger partial charge in [0.15, 0.2) is 0 Å². The lowest BCUT2D eigenvalue weighted by atomic mass is 9.89. The van der Waals surface area contributed by atoms with Crippen molar-refractivity contribution in [2.24, 2.45) is 0 Å². The Morgan fingerprint density at radius 1 is 1.00 bits per heavy atom. The Morgan fingerprint density at radius 3 is 1.92 bits per heavy atom. The Hall–Kier alpha value is -0.0800. The van der Waals surface area contributed by atoms with Crippen molar-refractivity contribution < 1.29 is 10.2 Å². The molecule has 0 spiro atoms. The van der Waals surface area contributed by atoms with E-state index in [0.29, 0.717) is 0 Å². The molecule has 0 aromatic carbocycles. The molecule has 2 N–H and O–H groups in total. The van der Waals surface area contributed by atoms with Gasteiger partial charge in [-0.05, 0) is 32.6 Å². The van der Waals surface area contributed by atoms with E-state index in [2.05, 4.69) is 0 Å². The second-order valence-corrected chi connectivity index (χ2v) is 4.64. The first kappa shape index (κ1) is 11.0. The maximum Gasteiger partial charge on any atom is 0.0619 e. The van der Waals surface area contributed by atoms with Crippen molar-refractivity contribution in [1.82, 2.24) is 0 Å². The highest BCUT2D eigenvalue weighted by Gasteiger charge is 2.20. The van der Waals surface area contributed by atoms with Gasteiger partial charge in [0, 0.05) is 0 Å². The first-order valence-electron chi connectivity index (χ1n) is 5.51. The van der Waals surface area contributed by atoms with E-state index in [1.165, 1.54) is 0 Å². The van der Waals surface area contributed by atoms with Crippen molar-refractivity contribution in [1.29, 1.82) is 0 Å². The van der Waals surface area contributed by atoms with Crippen molar-refractivity contribution >= 4 is 0 Å². The van der Waals surface area contributed by atoms with Gasteiger partial charge in [-0.2, -0.15) is 0 Å². The van der Waals surface area contributed by atoms with E-state index in [1.807, 2.05) is 6.92 Å². The molecular weight excluding hydrogens is 164 g/mol. The van der Waals surface area contributed by atoms with Crippen LogP contribution in [0.15, 0.2) is 0 Å². The van der Waals surface area contributed by atoms with Crippen LogP contribution < -0.4 is 0 Å². The standard InChI is InChI=1S/C11H22O2/c1-11(13)8-4-2-6-10(12)7-3-5-9-11/h10,12-13H,2-9H2,1H3. The topological polar surface area (TPSA) is 40.5 Å². The Morgan fingerprint density at radius 2 is 1.46 bits per heavy atom. The molecular formula is C11H22O2. The predicted molar refractivity (Wildman–Crippen MR) is 53.6 cm³/mol. The molecule has 1 rings (SSSR count). The molecule has 0 aliphatic heterocycles. The quantitative estimate of drug-likeness (QED) is 0.609. The molecule has 0 aromatic heterocycles. The van der Waals surface area contributed by atoms with Crippen LogP contribution in [0.5, 0.6) is 0 Å². The fourth-order valence-electron chi connectivity index (χ4n) is 2.04. The summed E-state index contributed by atoms with van der Waals surface area (Å²) < 4.78 is 0. The predicted octanol–water partition coefficient (Wildman–Crippen LogP) is 2.23. The second kappa shape index (κ2) is 4.97. The fraction of sp³-hybridized carbons (Fsp3) is 1.00. The number of aliphatic hydroxyl groups is 2. The van der Waals surface area contributed by atoms with Crippen molar-refractivity contribution in [2.75, 3.05) is 0 Å². The molecule has 0 radical (unpaired) electrons. The third-order valence-corrected chi connectivity index (χ3v) is 3.01. The summed E-state index contributed by atoms with van der Waals surface area (Å²) in [5, 5.41) is 19.4. The smallest absolute Gasteiger partial charge is 0.0619 e. The van der Waals surface area contributed by atoms with Crippen LogP contribution in [-0.4, -0.2) is 21.9 Å². The van der Waals surface area contributed by atoms with Gasteiger partial charge >= 0.3 is 0 Å². The van der Waals surface area contributed by atoms with Gasteiger partial charge < -0.3 is 10.2 Å². The minimum absolute atomic E-state index is 0.0944. The van der Waals surface area contributed by atoms with Gasteiger partial charge in [0.2, 0.25) is 0 Å². The Labute approximate surface area is 81.0 Å². The Balaban J connectivity index is 2.33.